The number of piperidine rings is 1. The van der Waals surface area contributed by atoms with E-state index in [0.717, 1.165) is 0 Å². The molecule has 1 aliphatic heterocycles. The second kappa shape index (κ2) is 6.20. The zero-order chi connectivity index (χ0) is 16.6. The number of ether oxygens (including phenoxy) is 1. The van der Waals surface area contributed by atoms with E-state index in [0.29, 0.717) is 48.0 Å². The number of amides is 1. The predicted octanol–water partition coefficient (Wildman–Crippen LogP) is 2.32. The van der Waals surface area contributed by atoms with Crippen molar-refractivity contribution in [1.29, 1.82) is 0 Å². The predicted molar refractivity (Wildman–Crippen MR) is 85.6 cm³/mol. The molecule has 1 saturated heterocycles. The first-order chi connectivity index (χ1) is 11.0. The van der Waals surface area contributed by atoms with Crippen molar-refractivity contribution in [3.63, 3.8) is 0 Å². The Morgan fingerprint density at radius 2 is 2.00 bits per heavy atom. The lowest BCUT2D eigenvalue weighted by molar-refractivity contribution is -0.146. The second-order valence-corrected chi connectivity index (χ2v) is 6.15. The number of aryl methyl sites for hydroxylation is 1. The van der Waals surface area contributed by atoms with Gasteiger partial charge in [-0.05, 0) is 31.9 Å². The Morgan fingerprint density at radius 1 is 1.30 bits per heavy atom. The summed E-state index contributed by atoms with van der Waals surface area (Å²) < 4.78 is 6.50. The molecular weight excluding hydrogens is 318 g/mol. The van der Waals surface area contributed by atoms with Crippen LogP contribution < -0.4 is 0 Å². The summed E-state index contributed by atoms with van der Waals surface area (Å²) in [6.45, 7) is 2.88. The quantitative estimate of drug-likeness (QED) is 0.790. The molecule has 0 N–H and O–H groups in total. The summed E-state index contributed by atoms with van der Waals surface area (Å²) in [5.41, 5.74) is 1.89. The van der Waals surface area contributed by atoms with Gasteiger partial charge in [-0.15, -0.1) is 0 Å². The molecule has 23 heavy (non-hydrogen) atoms. The molecule has 3 rings (SSSR count). The van der Waals surface area contributed by atoms with Crippen molar-refractivity contribution in [3.8, 4) is 0 Å². The fourth-order valence-electron chi connectivity index (χ4n) is 3.03. The molecule has 0 atom stereocenters. The van der Waals surface area contributed by atoms with E-state index in [1.54, 1.807) is 27.6 Å². The number of aromatic nitrogens is 2. The Hall–Kier alpha value is -2.08. The van der Waals surface area contributed by atoms with Gasteiger partial charge in [-0.1, -0.05) is 11.6 Å². The van der Waals surface area contributed by atoms with E-state index >= 15 is 0 Å². The molecule has 0 aliphatic carbocycles. The lowest BCUT2D eigenvalue weighted by Crippen LogP contribution is -2.41. The van der Waals surface area contributed by atoms with Gasteiger partial charge in [-0.25, -0.2) is 4.98 Å². The summed E-state index contributed by atoms with van der Waals surface area (Å²) in [6.07, 6.45) is 2.94. The molecule has 1 amide bonds. The van der Waals surface area contributed by atoms with Gasteiger partial charge < -0.3 is 9.64 Å². The Balaban J connectivity index is 1.83. The average molecular weight is 336 g/mol. The molecule has 1 fully saturated rings. The summed E-state index contributed by atoms with van der Waals surface area (Å²) in [5.74, 6) is -0.405. The number of methoxy groups -OCH3 is 1. The van der Waals surface area contributed by atoms with Gasteiger partial charge in [0.15, 0.2) is 0 Å². The maximum absolute atomic E-state index is 12.9. The monoisotopic (exact) mass is 335 g/mol. The van der Waals surface area contributed by atoms with Crippen molar-refractivity contribution >= 4 is 29.1 Å². The number of carbonyl (C=O) groups excluding carboxylic acids is 2. The maximum Gasteiger partial charge on any atom is 0.308 e. The second-order valence-electron chi connectivity index (χ2n) is 5.71. The standard InChI is InChI=1S/C16H18ClN3O3/c1-10-14(20-9-12(17)3-4-13(20)18-10)15(21)19-7-5-11(6-8-19)16(22)23-2/h3-4,9,11H,5-8H2,1-2H3. The lowest BCUT2D eigenvalue weighted by atomic mass is 9.97. The first kappa shape index (κ1) is 15.8. The highest BCUT2D eigenvalue weighted by atomic mass is 35.5. The molecule has 7 heteroatoms. The highest BCUT2D eigenvalue weighted by Gasteiger charge is 2.30. The topological polar surface area (TPSA) is 63.9 Å². The smallest absolute Gasteiger partial charge is 0.308 e. The van der Waals surface area contributed by atoms with Crippen LogP contribution >= 0.6 is 11.6 Å². The van der Waals surface area contributed by atoms with E-state index in [2.05, 4.69) is 4.98 Å². The van der Waals surface area contributed by atoms with Crippen molar-refractivity contribution in [2.75, 3.05) is 20.2 Å². The number of hydrogen-bond acceptors (Lipinski definition) is 4. The largest absolute Gasteiger partial charge is 0.469 e. The van der Waals surface area contributed by atoms with Crippen LogP contribution in [0.25, 0.3) is 5.65 Å². The first-order valence-electron chi connectivity index (χ1n) is 7.52. The van der Waals surface area contributed by atoms with Crippen LogP contribution in [-0.2, 0) is 9.53 Å². The summed E-state index contributed by atoms with van der Waals surface area (Å²) in [7, 11) is 1.39. The number of likely N-dealkylation sites (tertiary alicyclic amines) is 1. The highest BCUT2D eigenvalue weighted by Crippen LogP contribution is 2.22. The van der Waals surface area contributed by atoms with Crippen LogP contribution in [0.5, 0.6) is 0 Å². The number of pyridine rings is 1. The van der Waals surface area contributed by atoms with Crippen molar-refractivity contribution in [2.24, 2.45) is 5.92 Å². The Labute approximate surface area is 139 Å². The van der Waals surface area contributed by atoms with Gasteiger partial charge in [-0.3, -0.25) is 14.0 Å². The molecule has 0 unspecified atom stereocenters. The molecule has 3 heterocycles. The van der Waals surface area contributed by atoms with E-state index in [1.165, 1.54) is 7.11 Å². The zero-order valence-corrected chi connectivity index (χ0v) is 13.8. The average Bonchev–Trinajstić information content (AvgIpc) is 2.88. The van der Waals surface area contributed by atoms with Gasteiger partial charge in [0.25, 0.3) is 5.91 Å². The highest BCUT2D eigenvalue weighted by molar-refractivity contribution is 6.30. The van der Waals surface area contributed by atoms with E-state index in [1.807, 2.05) is 6.92 Å². The van der Waals surface area contributed by atoms with Crippen LogP contribution in [0.15, 0.2) is 18.3 Å². The molecule has 122 valence electrons. The van der Waals surface area contributed by atoms with Gasteiger partial charge >= 0.3 is 5.97 Å². The third-order valence-corrected chi connectivity index (χ3v) is 4.50. The number of imidazole rings is 1. The summed E-state index contributed by atoms with van der Waals surface area (Å²) in [5, 5.41) is 0.549. The number of carbonyl (C=O) groups is 2. The minimum absolute atomic E-state index is 0.0828. The fraction of sp³-hybridized carbons (Fsp3) is 0.438. The van der Waals surface area contributed by atoms with Crippen molar-refractivity contribution in [2.45, 2.75) is 19.8 Å². The third kappa shape index (κ3) is 2.91. The van der Waals surface area contributed by atoms with E-state index in [-0.39, 0.29) is 17.8 Å². The van der Waals surface area contributed by atoms with Gasteiger partial charge in [-0.2, -0.15) is 0 Å². The number of nitrogens with zero attached hydrogens (tertiary/aromatic N) is 3. The Morgan fingerprint density at radius 3 is 2.65 bits per heavy atom. The van der Waals surface area contributed by atoms with Crippen LogP contribution in [0.1, 0.15) is 29.0 Å². The van der Waals surface area contributed by atoms with Gasteiger partial charge in [0.05, 0.1) is 23.7 Å². The van der Waals surface area contributed by atoms with E-state index < -0.39 is 0 Å². The number of fused-ring (bicyclic) bond motifs is 1. The minimum atomic E-state index is -0.199. The number of rotatable bonds is 2. The summed E-state index contributed by atoms with van der Waals surface area (Å²) >= 11 is 6.04. The Kier molecular flexibility index (Phi) is 4.26. The molecule has 6 nitrogen and oxygen atoms in total. The zero-order valence-electron chi connectivity index (χ0n) is 13.1. The molecular formula is C16H18ClN3O3. The van der Waals surface area contributed by atoms with Gasteiger partial charge in [0, 0.05) is 19.3 Å². The minimum Gasteiger partial charge on any atom is -0.469 e. The third-order valence-electron chi connectivity index (χ3n) is 4.28. The van der Waals surface area contributed by atoms with Crippen LogP contribution in [0, 0.1) is 12.8 Å². The molecule has 0 aromatic carbocycles. The number of halogens is 1. The van der Waals surface area contributed by atoms with Crippen molar-refractivity contribution < 1.29 is 14.3 Å². The normalized spacial score (nSPS) is 15.9. The molecule has 1 aliphatic rings. The van der Waals surface area contributed by atoms with E-state index in [9.17, 15) is 9.59 Å². The van der Waals surface area contributed by atoms with E-state index in [4.69, 9.17) is 16.3 Å². The van der Waals surface area contributed by atoms with Crippen LogP contribution in [0.4, 0.5) is 0 Å². The van der Waals surface area contributed by atoms with Gasteiger partial charge in [0.1, 0.15) is 11.3 Å². The maximum atomic E-state index is 12.9. The fourth-order valence-corrected chi connectivity index (χ4v) is 3.19. The van der Waals surface area contributed by atoms with Crippen molar-refractivity contribution in [3.05, 3.63) is 34.7 Å². The molecule has 2 aromatic heterocycles. The van der Waals surface area contributed by atoms with Crippen LogP contribution in [0.2, 0.25) is 5.02 Å². The number of esters is 1. The molecule has 0 radical (unpaired) electrons. The van der Waals surface area contributed by atoms with Crippen LogP contribution in [-0.4, -0.2) is 46.4 Å². The van der Waals surface area contributed by atoms with Crippen LogP contribution in [0.3, 0.4) is 0 Å². The molecule has 0 bridgehead atoms. The Bertz CT molecular complexity index is 763. The summed E-state index contributed by atoms with van der Waals surface area (Å²) in [4.78, 5) is 30.6. The number of hydrogen-bond donors (Lipinski definition) is 0. The van der Waals surface area contributed by atoms with Crippen molar-refractivity contribution in [1.82, 2.24) is 14.3 Å². The van der Waals surface area contributed by atoms with Gasteiger partial charge in [0.2, 0.25) is 0 Å². The lowest BCUT2D eigenvalue weighted by Gasteiger charge is -2.30. The molecule has 0 spiro atoms. The summed E-state index contributed by atoms with van der Waals surface area (Å²) in [6, 6.07) is 3.54. The first-order valence-corrected chi connectivity index (χ1v) is 7.90. The molecule has 0 saturated carbocycles. The SMILES string of the molecule is COC(=O)C1CCN(C(=O)c2c(C)nc3ccc(Cl)cn23)CC1. The molecule has 2 aromatic rings.